The highest BCUT2D eigenvalue weighted by atomic mass is 15.4. The van der Waals surface area contributed by atoms with Crippen LogP contribution in [0.25, 0.3) is 11.2 Å². The molecule has 0 saturated heterocycles. The second-order valence-electron chi connectivity index (χ2n) is 4.94. The maximum absolute atomic E-state index is 8.84. The van der Waals surface area contributed by atoms with E-state index >= 15 is 0 Å². The van der Waals surface area contributed by atoms with Crippen LogP contribution >= 0.6 is 0 Å². The molecule has 2 aromatic heterocycles. The fourth-order valence-electron chi connectivity index (χ4n) is 2.48. The van der Waals surface area contributed by atoms with E-state index in [1.54, 1.807) is 0 Å². The second-order valence-corrected chi connectivity index (χ2v) is 4.94. The number of benzene rings is 1. The number of hydrogen-bond acceptors (Lipinski definition) is 4. The fraction of sp³-hybridized carbons (Fsp3) is 0.267. The molecule has 0 saturated carbocycles. The Bertz CT molecular complexity index is 832. The average Bonchev–Trinajstić information content (AvgIpc) is 2.98. The maximum atomic E-state index is 8.84. The third-order valence-corrected chi connectivity index (χ3v) is 3.55. The third-order valence-electron chi connectivity index (χ3n) is 3.55. The molecule has 0 atom stereocenters. The van der Waals surface area contributed by atoms with Gasteiger partial charge in [0.05, 0.1) is 23.9 Å². The number of anilines is 1. The predicted molar refractivity (Wildman–Crippen MR) is 80.6 cm³/mol. The molecule has 6 heteroatoms. The van der Waals surface area contributed by atoms with E-state index in [4.69, 9.17) is 11.0 Å². The van der Waals surface area contributed by atoms with Crippen LogP contribution in [-0.2, 0) is 13.1 Å². The Morgan fingerprint density at radius 1 is 1.29 bits per heavy atom. The van der Waals surface area contributed by atoms with Gasteiger partial charge in [0, 0.05) is 6.54 Å². The molecule has 0 fully saturated rings. The summed E-state index contributed by atoms with van der Waals surface area (Å²) in [6, 6.07) is 9.60. The Labute approximate surface area is 122 Å². The molecule has 0 aliphatic rings. The Morgan fingerprint density at radius 2 is 2.00 bits per heavy atom. The van der Waals surface area contributed by atoms with Crippen molar-refractivity contribution in [2.24, 2.45) is 0 Å². The molecular formula is C15H16N6. The van der Waals surface area contributed by atoms with E-state index in [2.05, 4.69) is 16.2 Å². The summed E-state index contributed by atoms with van der Waals surface area (Å²) in [5.41, 5.74) is 10.5. The summed E-state index contributed by atoms with van der Waals surface area (Å²) in [6.07, 6.45) is 0. The molecule has 6 nitrogen and oxygen atoms in total. The number of nitrogens with two attached hydrogens (primary N) is 1. The zero-order chi connectivity index (χ0) is 15.0. The topological polar surface area (TPSA) is 85.5 Å². The van der Waals surface area contributed by atoms with Gasteiger partial charge >= 0.3 is 0 Å². The third kappa shape index (κ3) is 2.13. The summed E-state index contributed by atoms with van der Waals surface area (Å²) in [6.45, 7) is 5.36. The van der Waals surface area contributed by atoms with Crippen LogP contribution < -0.4 is 5.73 Å². The van der Waals surface area contributed by atoms with E-state index in [9.17, 15) is 0 Å². The van der Waals surface area contributed by atoms with Crippen LogP contribution in [0, 0.1) is 18.3 Å². The van der Waals surface area contributed by atoms with Crippen molar-refractivity contribution < 1.29 is 0 Å². The monoisotopic (exact) mass is 280 g/mol. The first-order valence-corrected chi connectivity index (χ1v) is 6.82. The molecule has 0 aliphatic carbocycles. The van der Waals surface area contributed by atoms with Gasteiger partial charge in [-0.05, 0) is 31.5 Å². The molecule has 106 valence electrons. The molecule has 3 rings (SSSR count). The van der Waals surface area contributed by atoms with Crippen LogP contribution in [0.1, 0.15) is 23.7 Å². The van der Waals surface area contributed by atoms with Crippen LogP contribution in [0.5, 0.6) is 0 Å². The van der Waals surface area contributed by atoms with Crippen LogP contribution in [0.15, 0.2) is 24.3 Å². The van der Waals surface area contributed by atoms with Crippen LogP contribution in [0.2, 0.25) is 0 Å². The van der Waals surface area contributed by atoms with E-state index in [1.165, 1.54) is 0 Å². The van der Waals surface area contributed by atoms with Crippen molar-refractivity contribution in [2.75, 3.05) is 5.73 Å². The minimum Gasteiger partial charge on any atom is -0.369 e. The van der Waals surface area contributed by atoms with Crippen molar-refractivity contribution in [1.29, 1.82) is 5.26 Å². The SMILES string of the molecule is CCn1nc(C)c2nc(N)n(Cc3ccc(C#N)cc3)c21. The Hall–Kier alpha value is -2.81. The van der Waals surface area contributed by atoms with Crippen LogP contribution in [0.3, 0.4) is 0 Å². The zero-order valence-corrected chi connectivity index (χ0v) is 12.0. The normalized spacial score (nSPS) is 10.9. The quantitative estimate of drug-likeness (QED) is 0.795. The van der Waals surface area contributed by atoms with E-state index in [-0.39, 0.29) is 0 Å². The van der Waals surface area contributed by atoms with E-state index in [0.29, 0.717) is 18.1 Å². The van der Waals surface area contributed by atoms with Crippen molar-refractivity contribution in [3.05, 3.63) is 41.1 Å². The zero-order valence-electron chi connectivity index (χ0n) is 12.0. The number of aryl methyl sites for hydroxylation is 2. The van der Waals surface area contributed by atoms with Gasteiger partial charge in [0.1, 0.15) is 5.52 Å². The van der Waals surface area contributed by atoms with Gasteiger partial charge in [0.2, 0.25) is 5.95 Å². The highest BCUT2D eigenvalue weighted by Crippen LogP contribution is 2.22. The number of rotatable bonds is 3. The fourth-order valence-corrected chi connectivity index (χ4v) is 2.48. The highest BCUT2D eigenvalue weighted by Gasteiger charge is 2.16. The summed E-state index contributed by atoms with van der Waals surface area (Å²) >= 11 is 0. The number of nitrogen functional groups attached to an aromatic ring is 1. The molecule has 3 aromatic rings. The largest absolute Gasteiger partial charge is 0.369 e. The van der Waals surface area contributed by atoms with E-state index in [0.717, 1.165) is 29.0 Å². The minimum atomic E-state index is 0.483. The molecule has 0 amide bonds. The van der Waals surface area contributed by atoms with Gasteiger partial charge in [-0.15, -0.1) is 0 Å². The number of fused-ring (bicyclic) bond motifs is 1. The molecule has 0 radical (unpaired) electrons. The molecule has 2 N–H and O–H groups in total. The van der Waals surface area contributed by atoms with Crippen molar-refractivity contribution in [3.8, 4) is 6.07 Å². The average molecular weight is 280 g/mol. The Kier molecular flexibility index (Phi) is 3.10. The number of nitrogens with zero attached hydrogens (tertiary/aromatic N) is 5. The van der Waals surface area contributed by atoms with Gasteiger partial charge < -0.3 is 5.73 Å². The van der Waals surface area contributed by atoms with Gasteiger partial charge in [0.25, 0.3) is 0 Å². The van der Waals surface area contributed by atoms with Crippen molar-refractivity contribution >= 4 is 17.1 Å². The minimum absolute atomic E-state index is 0.483. The van der Waals surface area contributed by atoms with Gasteiger partial charge in [0.15, 0.2) is 5.65 Å². The smallest absolute Gasteiger partial charge is 0.202 e. The van der Waals surface area contributed by atoms with Crippen LogP contribution in [-0.4, -0.2) is 19.3 Å². The lowest BCUT2D eigenvalue weighted by Gasteiger charge is -2.08. The van der Waals surface area contributed by atoms with E-state index in [1.807, 2.05) is 47.4 Å². The van der Waals surface area contributed by atoms with Gasteiger partial charge in [-0.2, -0.15) is 10.4 Å². The number of aromatic nitrogens is 4. The summed E-state index contributed by atoms with van der Waals surface area (Å²) in [7, 11) is 0. The predicted octanol–water partition coefficient (Wildman–Crippen LogP) is 2.06. The number of nitriles is 1. The lowest BCUT2D eigenvalue weighted by atomic mass is 10.1. The summed E-state index contributed by atoms with van der Waals surface area (Å²) in [4.78, 5) is 4.42. The lowest BCUT2D eigenvalue weighted by molar-refractivity contribution is 0.648. The van der Waals surface area contributed by atoms with Crippen molar-refractivity contribution in [1.82, 2.24) is 19.3 Å². The van der Waals surface area contributed by atoms with Gasteiger partial charge in [-0.1, -0.05) is 12.1 Å². The number of imidazole rings is 1. The highest BCUT2D eigenvalue weighted by molar-refractivity contribution is 5.77. The Balaban J connectivity index is 2.07. The summed E-state index contributed by atoms with van der Waals surface area (Å²) in [5.74, 6) is 0.483. The van der Waals surface area contributed by atoms with Crippen molar-refractivity contribution in [2.45, 2.75) is 26.9 Å². The first-order chi connectivity index (χ1) is 10.1. The summed E-state index contributed by atoms with van der Waals surface area (Å²) < 4.78 is 3.87. The molecular weight excluding hydrogens is 264 g/mol. The molecule has 2 heterocycles. The van der Waals surface area contributed by atoms with Gasteiger partial charge in [-0.3, -0.25) is 4.57 Å². The van der Waals surface area contributed by atoms with Crippen LogP contribution in [0.4, 0.5) is 5.95 Å². The molecule has 0 spiro atoms. The standard InChI is InChI=1S/C15H16N6/c1-3-21-14-13(10(2)19-21)18-15(17)20(14)9-12-6-4-11(8-16)5-7-12/h4-7H,3,9H2,1-2H3,(H2,17,18). The molecule has 0 bridgehead atoms. The number of hydrogen-bond donors (Lipinski definition) is 1. The Morgan fingerprint density at radius 3 is 2.62 bits per heavy atom. The molecule has 21 heavy (non-hydrogen) atoms. The van der Waals surface area contributed by atoms with Crippen molar-refractivity contribution in [3.63, 3.8) is 0 Å². The molecule has 1 aromatic carbocycles. The molecule has 0 unspecified atom stereocenters. The second kappa shape index (κ2) is 4.94. The van der Waals surface area contributed by atoms with Gasteiger partial charge in [-0.25, -0.2) is 9.67 Å². The first kappa shape index (κ1) is 13.2. The maximum Gasteiger partial charge on any atom is 0.202 e. The molecule has 0 aliphatic heterocycles. The van der Waals surface area contributed by atoms with E-state index < -0.39 is 0 Å². The first-order valence-electron chi connectivity index (χ1n) is 6.82. The lowest BCUT2D eigenvalue weighted by Crippen LogP contribution is -2.09. The summed E-state index contributed by atoms with van der Waals surface area (Å²) in [5, 5.41) is 13.3.